The molecule has 1 heterocycles. The minimum absolute atomic E-state index is 0.0622. The van der Waals surface area contributed by atoms with E-state index in [0.717, 1.165) is 12.2 Å². The fraction of sp³-hybridized carbons (Fsp3) is 0.526. The third-order valence-electron chi connectivity index (χ3n) is 4.50. The summed E-state index contributed by atoms with van der Waals surface area (Å²) in [7, 11) is 0. The van der Waals surface area contributed by atoms with E-state index in [1.807, 2.05) is 13.8 Å². The minimum Gasteiger partial charge on any atom is -0.494 e. The molecule has 2 atom stereocenters. The Bertz CT molecular complexity index is 625. The Hall–Kier alpha value is -2.37. The van der Waals surface area contributed by atoms with Gasteiger partial charge in [0.1, 0.15) is 5.75 Å². The van der Waals surface area contributed by atoms with Gasteiger partial charge in [-0.25, -0.2) is 0 Å². The van der Waals surface area contributed by atoms with Crippen molar-refractivity contribution < 1.29 is 24.2 Å². The lowest BCUT2D eigenvalue weighted by Gasteiger charge is -2.15. The van der Waals surface area contributed by atoms with Crippen LogP contribution in [0.15, 0.2) is 24.3 Å². The molecule has 1 fully saturated rings. The molecule has 1 N–H and O–H groups in total. The molecule has 136 valence electrons. The normalized spacial score (nSPS) is 19.7. The van der Waals surface area contributed by atoms with E-state index in [9.17, 15) is 14.4 Å². The second kappa shape index (κ2) is 8.65. The van der Waals surface area contributed by atoms with Crippen LogP contribution in [0.3, 0.4) is 0 Å². The first-order valence-electron chi connectivity index (χ1n) is 8.69. The highest BCUT2D eigenvalue weighted by Gasteiger charge is 2.36. The number of Topliss-reactive ketones (excluding diaryl/α,β-unsaturated/α-hetero) is 1. The summed E-state index contributed by atoms with van der Waals surface area (Å²) < 4.78 is 5.47. The zero-order valence-corrected chi connectivity index (χ0v) is 14.7. The second-order valence-electron chi connectivity index (χ2n) is 6.52. The zero-order chi connectivity index (χ0) is 18.4. The number of carboxylic acids is 1. The third kappa shape index (κ3) is 5.05. The SMILES string of the molecule is CCCOc1ccc(C(=O)CCC(=O)N2C[C@@H](C)[C@H](C(=O)O)C2)cc1. The Morgan fingerprint density at radius 1 is 1.16 bits per heavy atom. The molecule has 0 unspecified atom stereocenters. The van der Waals surface area contributed by atoms with E-state index >= 15 is 0 Å². The number of hydrogen-bond acceptors (Lipinski definition) is 4. The van der Waals surface area contributed by atoms with Gasteiger partial charge in [0.25, 0.3) is 0 Å². The van der Waals surface area contributed by atoms with E-state index in [1.165, 1.54) is 0 Å². The molecule has 1 aliphatic heterocycles. The lowest BCUT2D eigenvalue weighted by Crippen LogP contribution is -2.30. The van der Waals surface area contributed by atoms with Crippen molar-refractivity contribution in [3.8, 4) is 5.75 Å². The first-order chi connectivity index (χ1) is 11.9. The number of hydrogen-bond donors (Lipinski definition) is 1. The fourth-order valence-electron chi connectivity index (χ4n) is 2.97. The van der Waals surface area contributed by atoms with Crippen LogP contribution < -0.4 is 4.74 Å². The van der Waals surface area contributed by atoms with Crippen molar-refractivity contribution in [2.24, 2.45) is 11.8 Å². The lowest BCUT2D eigenvalue weighted by molar-refractivity contribution is -0.142. The van der Waals surface area contributed by atoms with Crippen LogP contribution in [0, 0.1) is 11.8 Å². The molecule has 25 heavy (non-hydrogen) atoms. The molecule has 1 amide bonds. The topological polar surface area (TPSA) is 83.9 Å². The van der Waals surface area contributed by atoms with Crippen molar-refractivity contribution in [1.82, 2.24) is 4.90 Å². The molecule has 6 heteroatoms. The maximum absolute atomic E-state index is 12.2. The Kier molecular flexibility index (Phi) is 6.56. The van der Waals surface area contributed by atoms with Gasteiger partial charge in [0.15, 0.2) is 5.78 Å². The van der Waals surface area contributed by atoms with E-state index in [4.69, 9.17) is 9.84 Å². The molecular formula is C19H25NO5. The fourth-order valence-corrected chi connectivity index (χ4v) is 2.97. The lowest BCUT2D eigenvalue weighted by atomic mass is 9.99. The van der Waals surface area contributed by atoms with Gasteiger partial charge in [-0.05, 0) is 36.6 Å². The number of carbonyl (C=O) groups excluding carboxylic acids is 2. The third-order valence-corrected chi connectivity index (χ3v) is 4.50. The van der Waals surface area contributed by atoms with Crippen molar-refractivity contribution >= 4 is 17.7 Å². The van der Waals surface area contributed by atoms with Crippen LogP contribution in [0.4, 0.5) is 0 Å². The first kappa shape index (κ1) is 19.0. The first-order valence-corrected chi connectivity index (χ1v) is 8.69. The highest BCUT2D eigenvalue weighted by atomic mass is 16.5. The van der Waals surface area contributed by atoms with Crippen LogP contribution in [0.25, 0.3) is 0 Å². The summed E-state index contributed by atoms with van der Waals surface area (Å²) in [5.41, 5.74) is 0.551. The molecule has 6 nitrogen and oxygen atoms in total. The van der Waals surface area contributed by atoms with Gasteiger partial charge in [-0.2, -0.15) is 0 Å². The maximum atomic E-state index is 12.2. The number of carbonyl (C=O) groups is 3. The average molecular weight is 347 g/mol. The quantitative estimate of drug-likeness (QED) is 0.731. The summed E-state index contributed by atoms with van der Waals surface area (Å²) in [6.45, 7) is 5.15. The number of nitrogens with zero attached hydrogens (tertiary/aromatic N) is 1. The number of amides is 1. The predicted octanol–water partition coefficient (Wildman–Crippen LogP) is 2.62. The van der Waals surface area contributed by atoms with Gasteiger partial charge >= 0.3 is 5.97 Å². The average Bonchev–Trinajstić information content (AvgIpc) is 3.00. The Morgan fingerprint density at radius 2 is 1.84 bits per heavy atom. The molecule has 0 bridgehead atoms. The Balaban J connectivity index is 1.83. The number of aliphatic carboxylic acids is 1. The van der Waals surface area contributed by atoms with Gasteiger partial charge in [-0.3, -0.25) is 14.4 Å². The van der Waals surface area contributed by atoms with Gasteiger partial charge in [0.05, 0.1) is 12.5 Å². The molecule has 1 aromatic carbocycles. The van der Waals surface area contributed by atoms with Gasteiger partial charge in [0.2, 0.25) is 5.91 Å². The summed E-state index contributed by atoms with van der Waals surface area (Å²) >= 11 is 0. The maximum Gasteiger partial charge on any atom is 0.308 e. The number of ether oxygens (including phenoxy) is 1. The molecule has 2 rings (SSSR count). The smallest absolute Gasteiger partial charge is 0.308 e. The molecular weight excluding hydrogens is 322 g/mol. The van der Waals surface area contributed by atoms with Gasteiger partial charge in [-0.15, -0.1) is 0 Å². The van der Waals surface area contributed by atoms with Crippen molar-refractivity contribution in [3.63, 3.8) is 0 Å². The number of likely N-dealkylation sites (tertiary alicyclic amines) is 1. The number of ketones is 1. The van der Waals surface area contributed by atoms with Gasteiger partial charge in [0, 0.05) is 31.5 Å². The Morgan fingerprint density at radius 3 is 2.40 bits per heavy atom. The van der Waals surface area contributed by atoms with Crippen LogP contribution in [0.5, 0.6) is 5.75 Å². The molecule has 0 radical (unpaired) electrons. The number of rotatable bonds is 8. The van der Waals surface area contributed by atoms with Crippen LogP contribution in [0.1, 0.15) is 43.5 Å². The summed E-state index contributed by atoms with van der Waals surface area (Å²) in [5.74, 6) is -0.989. The number of benzene rings is 1. The molecule has 0 spiro atoms. The highest BCUT2D eigenvalue weighted by molar-refractivity contribution is 5.98. The van der Waals surface area contributed by atoms with Crippen LogP contribution in [0.2, 0.25) is 0 Å². The standard InChI is InChI=1S/C19H25NO5/c1-3-10-25-15-6-4-14(5-7-15)17(21)8-9-18(22)20-11-13(2)16(12-20)19(23)24/h4-7,13,16H,3,8-12H2,1-2H3,(H,23,24)/t13-,16-/m1/s1. The highest BCUT2D eigenvalue weighted by Crippen LogP contribution is 2.24. The van der Waals surface area contributed by atoms with Crippen LogP contribution in [-0.2, 0) is 9.59 Å². The monoisotopic (exact) mass is 347 g/mol. The van der Waals surface area contributed by atoms with Crippen molar-refractivity contribution in [3.05, 3.63) is 29.8 Å². The molecule has 0 saturated carbocycles. The van der Waals surface area contributed by atoms with Gasteiger partial charge in [-0.1, -0.05) is 13.8 Å². The molecule has 1 saturated heterocycles. The zero-order valence-electron chi connectivity index (χ0n) is 14.7. The number of carboxylic acid groups (broad SMARTS) is 1. The summed E-state index contributed by atoms with van der Waals surface area (Å²) in [5, 5.41) is 9.12. The minimum atomic E-state index is -0.871. The van der Waals surface area contributed by atoms with E-state index in [2.05, 4.69) is 0 Å². The predicted molar refractivity (Wildman–Crippen MR) is 92.7 cm³/mol. The van der Waals surface area contributed by atoms with Crippen LogP contribution in [-0.4, -0.2) is 47.4 Å². The molecule has 0 aromatic heterocycles. The molecule has 1 aliphatic rings. The van der Waals surface area contributed by atoms with Crippen LogP contribution >= 0.6 is 0 Å². The van der Waals surface area contributed by atoms with E-state index in [1.54, 1.807) is 29.2 Å². The molecule has 0 aliphatic carbocycles. The van der Waals surface area contributed by atoms with Gasteiger partial charge < -0.3 is 14.7 Å². The van der Waals surface area contributed by atoms with Crippen molar-refractivity contribution in [2.45, 2.75) is 33.1 Å². The largest absolute Gasteiger partial charge is 0.494 e. The summed E-state index contributed by atoms with van der Waals surface area (Å²) in [4.78, 5) is 37.1. The van der Waals surface area contributed by atoms with Crippen molar-refractivity contribution in [2.75, 3.05) is 19.7 Å². The van der Waals surface area contributed by atoms with Crippen molar-refractivity contribution in [1.29, 1.82) is 0 Å². The molecule has 1 aromatic rings. The second-order valence-corrected chi connectivity index (χ2v) is 6.52. The van der Waals surface area contributed by atoms with E-state index < -0.39 is 11.9 Å². The summed E-state index contributed by atoms with van der Waals surface area (Å²) in [6.07, 6.45) is 1.14. The van der Waals surface area contributed by atoms with E-state index in [-0.39, 0.29) is 37.0 Å². The van der Waals surface area contributed by atoms with E-state index in [0.29, 0.717) is 18.7 Å². The summed E-state index contributed by atoms with van der Waals surface area (Å²) in [6, 6.07) is 6.92. The Labute approximate surface area is 147 Å².